The largest absolute Gasteiger partial charge is 0.493 e. The van der Waals surface area contributed by atoms with Gasteiger partial charge in [-0.1, -0.05) is 86.1 Å². The lowest BCUT2D eigenvalue weighted by Gasteiger charge is -2.13. The second kappa shape index (κ2) is 36.2. The number of halogens is 2. The number of Topliss-reactive ketones (excluding diaryl/α,β-unsaturated/α-hetero) is 4. The number of pyridine rings is 4. The predicted octanol–water partition coefficient (Wildman–Crippen LogP) is 12.6. The average molecular weight is 1230 g/mol. The summed E-state index contributed by atoms with van der Waals surface area (Å²) < 4.78 is 29.4. The van der Waals surface area contributed by atoms with Crippen molar-refractivity contribution in [1.29, 1.82) is 0 Å². The Labute approximate surface area is 530 Å². The molecular formula is C72H86ClFN8O7. The lowest BCUT2D eigenvalue weighted by atomic mass is 10.00. The van der Waals surface area contributed by atoms with Gasteiger partial charge in [0.2, 0.25) is 0 Å². The van der Waals surface area contributed by atoms with Gasteiger partial charge in [0.05, 0.1) is 72.3 Å². The van der Waals surface area contributed by atoms with Crippen LogP contribution in [0.1, 0.15) is 89.1 Å². The summed E-state index contributed by atoms with van der Waals surface area (Å²) in [5.74, 6) is 2.78. The maximum Gasteiger partial charge on any atom is 0.161 e. The lowest BCUT2D eigenvalue weighted by molar-refractivity contribution is -0.119. The van der Waals surface area contributed by atoms with Crippen molar-refractivity contribution in [2.45, 2.75) is 117 Å². The molecule has 470 valence electrons. The molecule has 0 spiro atoms. The van der Waals surface area contributed by atoms with E-state index in [1.54, 1.807) is 87.6 Å². The Kier molecular flexibility index (Phi) is 29.0. The van der Waals surface area contributed by atoms with Crippen molar-refractivity contribution in [1.82, 2.24) is 41.2 Å². The molecule has 89 heavy (non-hydrogen) atoms. The van der Waals surface area contributed by atoms with Crippen LogP contribution in [-0.4, -0.2) is 116 Å². The number of hydrogen-bond acceptors (Lipinski definition) is 15. The zero-order valence-corrected chi connectivity index (χ0v) is 54.5. The smallest absolute Gasteiger partial charge is 0.161 e. The molecule has 0 unspecified atom stereocenters. The number of nitrogens with zero attached hydrogens (tertiary/aromatic N) is 4. The quantitative estimate of drug-likeness (QED) is 0.0422. The molecule has 4 N–H and O–H groups in total. The number of rotatable bonds is 25. The van der Waals surface area contributed by atoms with E-state index >= 15 is 0 Å². The molecule has 0 aliphatic carbocycles. The number of hydrogen-bond donors (Lipinski definition) is 4. The zero-order chi connectivity index (χ0) is 65.2. The Morgan fingerprint density at radius 3 is 1.13 bits per heavy atom. The first-order valence-electron chi connectivity index (χ1n) is 29.7. The molecule has 0 aliphatic heterocycles. The molecule has 4 aromatic heterocycles. The summed E-state index contributed by atoms with van der Waals surface area (Å²) in [6.07, 6.45) is 9.90. The summed E-state index contributed by atoms with van der Waals surface area (Å²) in [6.45, 7) is 14.8. The van der Waals surface area contributed by atoms with E-state index in [1.165, 1.54) is 11.6 Å². The second-order valence-electron chi connectivity index (χ2n) is 22.0. The molecule has 15 nitrogen and oxygen atoms in total. The maximum absolute atomic E-state index is 13.1. The Hall–Kier alpha value is -8.38. The van der Waals surface area contributed by atoms with Crippen molar-refractivity contribution in [2.24, 2.45) is 0 Å². The number of aromatic nitrogens is 4. The van der Waals surface area contributed by atoms with E-state index in [0.717, 1.165) is 67.3 Å². The van der Waals surface area contributed by atoms with Crippen LogP contribution in [0.3, 0.4) is 0 Å². The number of benzene rings is 4. The van der Waals surface area contributed by atoms with Crippen molar-refractivity contribution in [2.75, 3.05) is 42.4 Å². The Morgan fingerprint density at radius 1 is 0.449 bits per heavy atom. The van der Waals surface area contributed by atoms with Crippen molar-refractivity contribution in [3.05, 3.63) is 197 Å². The Morgan fingerprint density at radius 2 is 0.809 bits per heavy atom. The number of likely N-dealkylation sites (N-methyl/N-ethyl adjacent to an activating group) is 4. The number of carbonyl (C=O) groups is 4. The van der Waals surface area contributed by atoms with Crippen molar-refractivity contribution < 1.29 is 37.8 Å². The lowest BCUT2D eigenvalue weighted by Crippen LogP contribution is -2.34. The van der Waals surface area contributed by atoms with Gasteiger partial charge in [-0.25, -0.2) is 4.39 Å². The fourth-order valence-corrected chi connectivity index (χ4v) is 9.47. The number of ketones is 4. The average Bonchev–Trinajstić information content (AvgIpc) is 2.14. The molecule has 8 rings (SSSR count). The normalized spacial score (nSPS) is 12.2. The van der Waals surface area contributed by atoms with Gasteiger partial charge >= 0.3 is 0 Å². The highest BCUT2D eigenvalue weighted by Gasteiger charge is 2.17. The third-order valence-electron chi connectivity index (χ3n) is 14.7. The topological polar surface area (TPSA) is 196 Å². The summed E-state index contributed by atoms with van der Waals surface area (Å²) in [7, 11) is 10.4. The molecule has 0 aliphatic rings. The van der Waals surface area contributed by atoms with Gasteiger partial charge < -0.3 is 35.5 Å². The summed E-state index contributed by atoms with van der Waals surface area (Å²) in [5.41, 5.74) is 12.7. The maximum atomic E-state index is 13.1. The van der Waals surface area contributed by atoms with E-state index in [2.05, 4.69) is 79.3 Å². The SMILES string of the molecule is CN[C@@H](Cc1ccc(-c2ccc(C(C)C)cc2)nc1)C(C)=O.CN[C@@H](Cc1ccc(-c2ccc(F)c(Cl)c2)nc1)C(C)=O.CN[C@@H](Cc1ccc(-c2ccc(OC)c(OC)c2)nc1)C(C)=O.CN[C@@H](Cc1ccc(-c2cccc(OC(C)C)c2)nc1)C(C)=O. The third kappa shape index (κ3) is 22.6. The minimum Gasteiger partial charge on any atom is -0.493 e. The summed E-state index contributed by atoms with van der Waals surface area (Å²) in [4.78, 5) is 63.8. The van der Waals surface area contributed by atoms with Crippen molar-refractivity contribution in [3.8, 4) is 62.3 Å². The second-order valence-corrected chi connectivity index (χ2v) is 22.4. The van der Waals surface area contributed by atoms with Crippen LogP contribution in [0.25, 0.3) is 45.0 Å². The first kappa shape index (κ1) is 71.4. The van der Waals surface area contributed by atoms with Gasteiger partial charge in [-0.3, -0.25) is 39.1 Å². The summed E-state index contributed by atoms with van der Waals surface area (Å²) in [5, 5.41) is 12.1. The van der Waals surface area contributed by atoms with E-state index in [1.807, 2.05) is 124 Å². The number of methoxy groups -OCH3 is 2. The highest BCUT2D eigenvalue weighted by Crippen LogP contribution is 2.32. The Balaban J connectivity index is 0.000000216. The monoisotopic (exact) mass is 1230 g/mol. The van der Waals surface area contributed by atoms with Gasteiger partial charge in [0.15, 0.2) is 11.5 Å². The molecule has 0 radical (unpaired) electrons. The van der Waals surface area contributed by atoms with E-state index in [0.29, 0.717) is 48.8 Å². The molecular weight excluding hydrogens is 1140 g/mol. The van der Waals surface area contributed by atoms with Crippen LogP contribution in [0.2, 0.25) is 5.02 Å². The fourth-order valence-electron chi connectivity index (χ4n) is 9.29. The highest BCUT2D eigenvalue weighted by molar-refractivity contribution is 6.31. The van der Waals surface area contributed by atoms with Gasteiger partial charge in [-0.15, -0.1) is 0 Å². The van der Waals surface area contributed by atoms with Crippen LogP contribution in [0.15, 0.2) is 158 Å². The van der Waals surface area contributed by atoms with Gasteiger partial charge in [-0.2, -0.15) is 0 Å². The number of ether oxygens (including phenoxy) is 3. The van der Waals surface area contributed by atoms with Gasteiger partial charge in [0, 0.05) is 47.0 Å². The van der Waals surface area contributed by atoms with Crippen LogP contribution in [0, 0.1) is 5.82 Å². The van der Waals surface area contributed by atoms with Crippen LogP contribution in [0.4, 0.5) is 4.39 Å². The van der Waals surface area contributed by atoms with Crippen LogP contribution in [-0.2, 0) is 44.9 Å². The molecule has 0 saturated heterocycles. The van der Waals surface area contributed by atoms with Gasteiger partial charge in [0.1, 0.15) is 34.7 Å². The highest BCUT2D eigenvalue weighted by atomic mass is 35.5. The zero-order valence-electron chi connectivity index (χ0n) is 53.7. The minimum atomic E-state index is -0.449. The Bertz CT molecular complexity index is 3510. The molecule has 17 heteroatoms. The molecule has 0 saturated carbocycles. The van der Waals surface area contributed by atoms with Gasteiger partial charge in [-0.05, 0) is 202 Å². The van der Waals surface area contributed by atoms with Crippen molar-refractivity contribution >= 4 is 34.7 Å². The third-order valence-corrected chi connectivity index (χ3v) is 15.0. The van der Waals surface area contributed by atoms with Crippen LogP contribution >= 0.6 is 11.6 Å². The van der Waals surface area contributed by atoms with E-state index in [-0.39, 0.29) is 58.4 Å². The van der Waals surface area contributed by atoms with E-state index in [9.17, 15) is 23.6 Å². The van der Waals surface area contributed by atoms with Crippen LogP contribution in [0.5, 0.6) is 17.2 Å². The number of carbonyl (C=O) groups excluding carboxylic acids is 4. The summed E-state index contributed by atoms with van der Waals surface area (Å²) in [6, 6.07) is 41.7. The molecule has 4 heterocycles. The fraction of sp³-hybridized carbons (Fsp3) is 0.333. The molecule has 0 bridgehead atoms. The van der Waals surface area contributed by atoms with E-state index in [4.69, 9.17) is 25.8 Å². The number of nitrogens with one attached hydrogen (secondary N) is 4. The summed E-state index contributed by atoms with van der Waals surface area (Å²) >= 11 is 5.77. The first-order valence-corrected chi connectivity index (χ1v) is 30.0. The molecule has 4 atom stereocenters. The first-order chi connectivity index (χ1) is 42.6. The molecule has 0 amide bonds. The van der Waals surface area contributed by atoms with Crippen LogP contribution < -0.4 is 35.5 Å². The van der Waals surface area contributed by atoms with Crippen molar-refractivity contribution in [3.63, 3.8) is 0 Å². The predicted molar refractivity (Wildman–Crippen MR) is 356 cm³/mol. The molecule has 0 fully saturated rings. The molecule has 8 aromatic rings. The van der Waals surface area contributed by atoms with E-state index < -0.39 is 5.82 Å². The minimum absolute atomic E-state index is 0.0743. The standard InChI is InChI=1S/C19H24N2O2.C19H24N2O.C18H22N2O3.C16H16ClFN2O/c1-13(2)23-17-7-5-6-16(11-17)18-9-8-15(12-21-18)10-19(20-4)14(3)22;1-13(2)16-6-8-17(9-7-16)18-10-5-15(12-21-18)11-19(20-4)14(3)22;1-12(21)16(19-2)9-13-5-7-15(20-11-13)14-6-8-17(22-3)18(10-14)23-4;1-10(21)16(19-2)7-11-3-6-15(20-9-11)12-4-5-14(18)13(17)8-12/h5-9,11-13,19-20H,10H2,1-4H3;5-10,12-13,19-20H,11H2,1-4H3;5-8,10-11,16,19H,9H2,1-4H3;3-6,8-9,16,19H,7H2,1-2H3/t2*19-;2*16-/m0000/s1. The molecule has 4 aromatic carbocycles. The van der Waals surface area contributed by atoms with Gasteiger partial charge in [0.25, 0.3) is 0 Å².